The van der Waals surface area contributed by atoms with Gasteiger partial charge in [-0.3, -0.25) is 4.79 Å². The Morgan fingerprint density at radius 2 is 2.29 bits per heavy atom. The highest BCUT2D eigenvalue weighted by Crippen LogP contribution is 2.27. The average Bonchev–Trinajstić information content (AvgIpc) is 2.13. The molecule has 3 nitrogen and oxygen atoms in total. The number of anilines is 1. The van der Waals surface area contributed by atoms with Crippen molar-refractivity contribution < 1.29 is 14.3 Å². The van der Waals surface area contributed by atoms with E-state index in [-0.39, 0.29) is 5.69 Å². The van der Waals surface area contributed by atoms with E-state index < -0.39 is 17.7 Å². The molecule has 1 aromatic carbocycles. The molecule has 3 N–H and O–H groups in total. The van der Waals surface area contributed by atoms with Crippen LogP contribution in [0.4, 0.5) is 10.1 Å². The van der Waals surface area contributed by atoms with E-state index in [1.807, 2.05) is 0 Å². The predicted molar refractivity (Wildman–Crippen MR) is 51.5 cm³/mol. The van der Waals surface area contributed by atoms with Gasteiger partial charge in [0.15, 0.2) is 0 Å². The molecule has 0 aliphatic heterocycles. The molecular formula is C10H12FNO2. The number of para-hydroxylation sites is 1. The third-order valence-corrected chi connectivity index (χ3v) is 2.17. The number of carboxylic acids is 1. The molecule has 0 radical (unpaired) electrons. The third kappa shape index (κ3) is 1.84. The van der Waals surface area contributed by atoms with Gasteiger partial charge in [0.1, 0.15) is 5.82 Å². The van der Waals surface area contributed by atoms with Crippen molar-refractivity contribution in [1.82, 2.24) is 0 Å². The first-order valence-corrected chi connectivity index (χ1v) is 4.34. The molecule has 76 valence electrons. The van der Waals surface area contributed by atoms with E-state index in [1.165, 1.54) is 12.1 Å². The molecule has 0 amide bonds. The van der Waals surface area contributed by atoms with Gasteiger partial charge in [0.25, 0.3) is 0 Å². The fourth-order valence-electron chi connectivity index (χ4n) is 1.39. The lowest BCUT2D eigenvalue weighted by Crippen LogP contribution is -2.13. The topological polar surface area (TPSA) is 63.3 Å². The first-order valence-electron chi connectivity index (χ1n) is 4.34. The maximum absolute atomic E-state index is 13.0. The van der Waals surface area contributed by atoms with Gasteiger partial charge in [0.05, 0.1) is 11.6 Å². The van der Waals surface area contributed by atoms with Gasteiger partial charge in [-0.15, -0.1) is 0 Å². The number of nitrogens with two attached hydrogens (primary N) is 1. The van der Waals surface area contributed by atoms with Crippen LogP contribution in [-0.4, -0.2) is 11.1 Å². The van der Waals surface area contributed by atoms with Crippen LogP contribution in [0.3, 0.4) is 0 Å². The maximum Gasteiger partial charge on any atom is 0.311 e. The number of aliphatic carboxylic acids is 1. The third-order valence-electron chi connectivity index (χ3n) is 2.17. The van der Waals surface area contributed by atoms with E-state index in [4.69, 9.17) is 10.8 Å². The lowest BCUT2D eigenvalue weighted by Gasteiger charge is -2.12. The molecule has 0 saturated carbocycles. The van der Waals surface area contributed by atoms with Crippen LogP contribution in [0.1, 0.15) is 24.8 Å². The Bertz CT molecular complexity index is 352. The molecule has 0 heterocycles. The molecule has 4 heteroatoms. The Balaban J connectivity index is 3.16. The number of halogens is 1. The second kappa shape index (κ2) is 4.09. The highest BCUT2D eigenvalue weighted by molar-refractivity contribution is 5.78. The zero-order valence-corrected chi connectivity index (χ0v) is 7.83. The van der Waals surface area contributed by atoms with Crippen LogP contribution in [-0.2, 0) is 4.79 Å². The second-order valence-electron chi connectivity index (χ2n) is 3.04. The molecule has 0 aliphatic rings. The van der Waals surface area contributed by atoms with Gasteiger partial charge in [-0.05, 0) is 18.1 Å². The number of nitrogen functional groups attached to an aromatic ring is 1. The molecule has 1 aromatic rings. The van der Waals surface area contributed by atoms with Gasteiger partial charge in [0.2, 0.25) is 0 Å². The summed E-state index contributed by atoms with van der Waals surface area (Å²) in [6.45, 7) is 1.73. The molecule has 1 atom stereocenters. The minimum atomic E-state index is -0.982. The van der Waals surface area contributed by atoms with Crippen LogP contribution in [0.5, 0.6) is 0 Å². The predicted octanol–water partition coefficient (Wildman–Crippen LogP) is 1.99. The zero-order valence-electron chi connectivity index (χ0n) is 7.83. The van der Waals surface area contributed by atoms with Gasteiger partial charge in [-0.25, -0.2) is 4.39 Å². The highest BCUT2D eigenvalue weighted by atomic mass is 19.1. The number of hydrogen-bond acceptors (Lipinski definition) is 2. The smallest absolute Gasteiger partial charge is 0.311 e. The van der Waals surface area contributed by atoms with E-state index in [9.17, 15) is 9.18 Å². The van der Waals surface area contributed by atoms with E-state index >= 15 is 0 Å². The van der Waals surface area contributed by atoms with Gasteiger partial charge >= 0.3 is 5.97 Å². The lowest BCUT2D eigenvalue weighted by molar-refractivity contribution is -0.138. The standard InChI is InChI=1S/C10H12FNO2/c1-2-6(10(13)14)7-4-3-5-8(11)9(7)12/h3-6H,2,12H2,1H3,(H,13,14). The van der Waals surface area contributed by atoms with Crippen molar-refractivity contribution in [2.45, 2.75) is 19.3 Å². The molecule has 0 saturated heterocycles. The number of carboxylic acid groups (broad SMARTS) is 1. The Kier molecular flexibility index (Phi) is 3.06. The van der Waals surface area contributed by atoms with Crippen molar-refractivity contribution in [3.63, 3.8) is 0 Å². The first kappa shape index (κ1) is 10.5. The molecule has 1 rings (SSSR count). The molecule has 0 spiro atoms. The normalized spacial score (nSPS) is 12.4. The van der Waals surface area contributed by atoms with Crippen LogP contribution >= 0.6 is 0 Å². The molecule has 0 aromatic heterocycles. The van der Waals surface area contributed by atoms with Crippen molar-refractivity contribution >= 4 is 11.7 Å². The summed E-state index contributed by atoms with van der Waals surface area (Å²) >= 11 is 0. The summed E-state index contributed by atoms with van der Waals surface area (Å²) in [5.74, 6) is -2.28. The number of carbonyl (C=O) groups is 1. The second-order valence-corrected chi connectivity index (χ2v) is 3.04. The van der Waals surface area contributed by atoms with Crippen molar-refractivity contribution in [2.75, 3.05) is 5.73 Å². The summed E-state index contributed by atoms with van der Waals surface area (Å²) < 4.78 is 13.0. The summed E-state index contributed by atoms with van der Waals surface area (Å²) in [5.41, 5.74) is 5.74. The van der Waals surface area contributed by atoms with E-state index in [2.05, 4.69) is 0 Å². The van der Waals surface area contributed by atoms with Crippen LogP contribution < -0.4 is 5.73 Å². The van der Waals surface area contributed by atoms with Gasteiger partial charge in [-0.2, -0.15) is 0 Å². The van der Waals surface area contributed by atoms with Gasteiger partial charge in [0, 0.05) is 0 Å². The number of hydrogen-bond donors (Lipinski definition) is 2. The SMILES string of the molecule is CCC(C(=O)O)c1cccc(F)c1N. The van der Waals surface area contributed by atoms with Crippen LogP contribution in [0.25, 0.3) is 0 Å². The van der Waals surface area contributed by atoms with E-state index in [0.29, 0.717) is 12.0 Å². The zero-order chi connectivity index (χ0) is 10.7. The molecule has 0 aliphatic carbocycles. The summed E-state index contributed by atoms with van der Waals surface area (Å²) in [7, 11) is 0. The number of rotatable bonds is 3. The number of benzene rings is 1. The fraction of sp³-hybridized carbons (Fsp3) is 0.300. The summed E-state index contributed by atoms with van der Waals surface area (Å²) in [6, 6.07) is 4.22. The molecule has 14 heavy (non-hydrogen) atoms. The van der Waals surface area contributed by atoms with Crippen molar-refractivity contribution in [3.05, 3.63) is 29.6 Å². The molecular weight excluding hydrogens is 185 g/mol. The Morgan fingerprint density at radius 3 is 2.79 bits per heavy atom. The Hall–Kier alpha value is -1.58. The molecule has 0 fully saturated rings. The van der Waals surface area contributed by atoms with Crippen molar-refractivity contribution in [1.29, 1.82) is 0 Å². The summed E-state index contributed by atoms with van der Waals surface area (Å²) in [6.07, 6.45) is 0.392. The highest BCUT2D eigenvalue weighted by Gasteiger charge is 2.20. The molecule has 1 unspecified atom stereocenters. The van der Waals surface area contributed by atoms with Gasteiger partial charge < -0.3 is 10.8 Å². The minimum Gasteiger partial charge on any atom is -0.481 e. The quantitative estimate of drug-likeness (QED) is 0.728. The fourth-order valence-corrected chi connectivity index (χ4v) is 1.39. The summed E-state index contributed by atoms with van der Waals surface area (Å²) in [4.78, 5) is 10.8. The van der Waals surface area contributed by atoms with E-state index in [0.717, 1.165) is 0 Å². The Labute approximate surface area is 81.4 Å². The average molecular weight is 197 g/mol. The van der Waals surface area contributed by atoms with Gasteiger partial charge in [-0.1, -0.05) is 19.1 Å². The van der Waals surface area contributed by atoms with Crippen LogP contribution in [0.2, 0.25) is 0 Å². The maximum atomic E-state index is 13.0. The van der Waals surface area contributed by atoms with Crippen LogP contribution in [0.15, 0.2) is 18.2 Å². The monoisotopic (exact) mass is 197 g/mol. The molecule has 0 bridgehead atoms. The van der Waals surface area contributed by atoms with Crippen molar-refractivity contribution in [3.8, 4) is 0 Å². The van der Waals surface area contributed by atoms with Crippen molar-refractivity contribution in [2.24, 2.45) is 0 Å². The lowest BCUT2D eigenvalue weighted by atomic mass is 9.95. The Morgan fingerprint density at radius 1 is 1.64 bits per heavy atom. The minimum absolute atomic E-state index is 0.0678. The largest absolute Gasteiger partial charge is 0.481 e. The van der Waals surface area contributed by atoms with E-state index in [1.54, 1.807) is 13.0 Å². The summed E-state index contributed by atoms with van der Waals surface area (Å²) in [5, 5.41) is 8.86. The van der Waals surface area contributed by atoms with Crippen LogP contribution in [0, 0.1) is 5.82 Å². The first-order chi connectivity index (χ1) is 6.57.